The van der Waals surface area contributed by atoms with E-state index in [-0.39, 0.29) is 5.91 Å². The Morgan fingerprint density at radius 3 is 2.75 bits per heavy atom. The molecule has 0 spiro atoms. The molecule has 2 rings (SSSR count). The number of amides is 1. The van der Waals surface area contributed by atoms with Crippen LogP contribution in [0.15, 0.2) is 22.6 Å². The van der Waals surface area contributed by atoms with Crippen LogP contribution in [0.3, 0.4) is 0 Å². The van der Waals surface area contributed by atoms with Crippen molar-refractivity contribution in [3.63, 3.8) is 0 Å². The summed E-state index contributed by atoms with van der Waals surface area (Å²) in [7, 11) is 0. The quantitative estimate of drug-likeness (QED) is 0.765. The van der Waals surface area contributed by atoms with Gasteiger partial charge in [0.15, 0.2) is 0 Å². The van der Waals surface area contributed by atoms with Crippen molar-refractivity contribution in [1.82, 2.24) is 5.32 Å². The molecule has 0 bridgehead atoms. The average molecular weight is 275 g/mol. The van der Waals surface area contributed by atoms with Crippen molar-refractivity contribution in [3.05, 3.63) is 29.7 Å². The predicted octanol–water partition coefficient (Wildman–Crippen LogP) is 3.97. The average Bonchev–Trinajstić information content (AvgIpc) is 3.00. The molecule has 1 N–H and O–H groups in total. The highest BCUT2D eigenvalue weighted by Gasteiger charge is 2.36. The Kier molecular flexibility index (Phi) is 5.05. The van der Waals surface area contributed by atoms with Gasteiger partial charge in [-0.3, -0.25) is 4.79 Å². The van der Waals surface area contributed by atoms with E-state index in [0.29, 0.717) is 11.8 Å². The first-order chi connectivity index (χ1) is 9.63. The molecule has 0 saturated heterocycles. The summed E-state index contributed by atoms with van der Waals surface area (Å²) in [5.41, 5.74) is 0. The monoisotopic (exact) mass is 275 g/mol. The van der Waals surface area contributed by atoms with Gasteiger partial charge in [-0.2, -0.15) is 0 Å². The molecule has 1 fully saturated rings. The maximum Gasteiger partial charge on any atom is 0.244 e. The zero-order chi connectivity index (χ0) is 14.5. The van der Waals surface area contributed by atoms with E-state index in [2.05, 4.69) is 26.1 Å². The first-order valence-electron chi connectivity index (χ1n) is 7.69. The molecule has 0 aliphatic heterocycles. The highest BCUT2D eigenvalue weighted by Crippen LogP contribution is 2.47. The van der Waals surface area contributed by atoms with Crippen LogP contribution in [0, 0.1) is 11.8 Å². The Balaban J connectivity index is 1.80. The van der Waals surface area contributed by atoms with Crippen molar-refractivity contribution >= 4 is 12.0 Å². The fourth-order valence-electron chi connectivity index (χ4n) is 2.41. The minimum Gasteiger partial charge on any atom is -0.461 e. The summed E-state index contributed by atoms with van der Waals surface area (Å²) in [6, 6.07) is 3.96. The van der Waals surface area contributed by atoms with Crippen LogP contribution >= 0.6 is 0 Å². The summed E-state index contributed by atoms with van der Waals surface area (Å²) in [6.07, 6.45) is 6.72. The van der Waals surface area contributed by atoms with Gasteiger partial charge in [-0.25, -0.2) is 0 Å². The smallest absolute Gasteiger partial charge is 0.244 e. The predicted molar refractivity (Wildman–Crippen MR) is 81.3 cm³/mol. The standard InChI is InChI=1S/C17H25NO2/c1-4-13(5-2)11-18-17(19)9-7-14-6-8-16(20-14)15-10-12(15)3/h6-9,12-13,15H,4-5,10-11H2,1-3H3,(H,18,19)/b9-7+. The van der Waals surface area contributed by atoms with Crippen LogP contribution < -0.4 is 5.32 Å². The van der Waals surface area contributed by atoms with Crippen LogP contribution in [-0.2, 0) is 4.79 Å². The van der Waals surface area contributed by atoms with Crippen LogP contribution in [0.25, 0.3) is 6.08 Å². The SMILES string of the molecule is CCC(CC)CNC(=O)/C=C/c1ccc(C2CC2C)o1. The lowest BCUT2D eigenvalue weighted by molar-refractivity contribution is -0.116. The summed E-state index contributed by atoms with van der Waals surface area (Å²) >= 11 is 0. The van der Waals surface area contributed by atoms with E-state index in [4.69, 9.17) is 4.42 Å². The molecule has 1 aliphatic carbocycles. The van der Waals surface area contributed by atoms with E-state index < -0.39 is 0 Å². The second kappa shape index (κ2) is 6.78. The molecule has 2 unspecified atom stereocenters. The summed E-state index contributed by atoms with van der Waals surface area (Å²) < 4.78 is 5.73. The van der Waals surface area contributed by atoms with Gasteiger partial charge in [0.25, 0.3) is 0 Å². The van der Waals surface area contributed by atoms with Crippen molar-refractivity contribution in [2.75, 3.05) is 6.54 Å². The molecular formula is C17H25NO2. The molecule has 1 aliphatic rings. The summed E-state index contributed by atoms with van der Waals surface area (Å²) in [5, 5.41) is 2.94. The molecule has 1 aromatic heterocycles. The van der Waals surface area contributed by atoms with Crippen molar-refractivity contribution in [2.45, 2.75) is 46.0 Å². The van der Waals surface area contributed by atoms with E-state index in [1.165, 1.54) is 6.42 Å². The Bertz CT molecular complexity index is 471. The Morgan fingerprint density at radius 2 is 2.15 bits per heavy atom. The number of hydrogen-bond donors (Lipinski definition) is 1. The van der Waals surface area contributed by atoms with Gasteiger partial charge in [-0.1, -0.05) is 33.6 Å². The molecule has 20 heavy (non-hydrogen) atoms. The van der Waals surface area contributed by atoms with E-state index in [1.54, 1.807) is 12.2 Å². The van der Waals surface area contributed by atoms with Gasteiger partial charge in [-0.05, 0) is 36.5 Å². The lowest BCUT2D eigenvalue weighted by atomic mass is 10.0. The maximum atomic E-state index is 11.7. The number of furan rings is 1. The highest BCUT2D eigenvalue weighted by atomic mass is 16.3. The topological polar surface area (TPSA) is 42.2 Å². The van der Waals surface area contributed by atoms with Crippen LogP contribution in [0.1, 0.15) is 57.5 Å². The van der Waals surface area contributed by atoms with Gasteiger partial charge in [0.1, 0.15) is 11.5 Å². The van der Waals surface area contributed by atoms with Gasteiger partial charge in [0.05, 0.1) is 0 Å². The van der Waals surface area contributed by atoms with Crippen LogP contribution in [0.4, 0.5) is 0 Å². The van der Waals surface area contributed by atoms with Gasteiger partial charge in [0.2, 0.25) is 5.91 Å². The second-order valence-electron chi connectivity index (χ2n) is 5.82. The van der Waals surface area contributed by atoms with E-state index in [9.17, 15) is 4.79 Å². The minimum absolute atomic E-state index is 0.0466. The fraction of sp³-hybridized carbons (Fsp3) is 0.588. The second-order valence-corrected chi connectivity index (χ2v) is 5.82. The number of hydrogen-bond acceptors (Lipinski definition) is 2. The van der Waals surface area contributed by atoms with Crippen LogP contribution in [-0.4, -0.2) is 12.5 Å². The van der Waals surface area contributed by atoms with E-state index in [0.717, 1.165) is 36.8 Å². The zero-order valence-electron chi connectivity index (χ0n) is 12.7. The Morgan fingerprint density at radius 1 is 1.45 bits per heavy atom. The van der Waals surface area contributed by atoms with Gasteiger partial charge in [-0.15, -0.1) is 0 Å². The van der Waals surface area contributed by atoms with Gasteiger partial charge < -0.3 is 9.73 Å². The largest absolute Gasteiger partial charge is 0.461 e. The van der Waals surface area contributed by atoms with Crippen molar-refractivity contribution in [1.29, 1.82) is 0 Å². The third-order valence-electron chi connectivity index (χ3n) is 4.24. The lowest BCUT2D eigenvalue weighted by Crippen LogP contribution is -2.27. The molecule has 1 heterocycles. The van der Waals surface area contributed by atoms with Gasteiger partial charge in [0, 0.05) is 18.5 Å². The first-order valence-corrected chi connectivity index (χ1v) is 7.69. The van der Waals surface area contributed by atoms with Crippen LogP contribution in [0.5, 0.6) is 0 Å². The van der Waals surface area contributed by atoms with Gasteiger partial charge >= 0.3 is 0 Å². The molecule has 1 saturated carbocycles. The third-order valence-corrected chi connectivity index (χ3v) is 4.24. The zero-order valence-corrected chi connectivity index (χ0v) is 12.7. The van der Waals surface area contributed by atoms with E-state index >= 15 is 0 Å². The van der Waals surface area contributed by atoms with Crippen molar-refractivity contribution in [2.24, 2.45) is 11.8 Å². The normalized spacial score (nSPS) is 21.6. The maximum absolute atomic E-state index is 11.7. The number of carbonyl (C=O) groups excluding carboxylic acids is 1. The number of nitrogens with one attached hydrogen (secondary N) is 1. The first kappa shape index (κ1) is 14.9. The Hall–Kier alpha value is -1.51. The molecule has 0 aromatic carbocycles. The molecule has 110 valence electrons. The number of rotatable bonds is 7. The van der Waals surface area contributed by atoms with E-state index in [1.807, 2.05) is 12.1 Å². The Labute approximate surface area is 121 Å². The summed E-state index contributed by atoms with van der Waals surface area (Å²) in [6.45, 7) is 7.28. The molecule has 2 atom stereocenters. The molecule has 1 aromatic rings. The molecule has 3 heteroatoms. The molecular weight excluding hydrogens is 250 g/mol. The molecule has 1 amide bonds. The van der Waals surface area contributed by atoms with Crippen molar-refractivity contribution < 1.29 is 9.21 Å². The lowest BCUT2D eigenvalue weighted by Gasteiger charge is -2.11. The summed E-state index contributed by atoms with van der Waals surface area (Å²) in [4.78, 5) is 11.7. The highest BCUT2D eigenvalue weighted by molar-refractivity contribution is 5.91. The molecule has 0 radical (unpaired) electrons. The minimum atomic E-state index is -0.0466. The summed E-state index contributed by atoms with van der Waals surface area (Å²) in [5.74, 6) is 3.65. The van der Waals surface area contributed by atoms with Crippen molar-refractivity contribution in [3.8, 4) is 0 Å². The fourth-order valence-corrected chi connectivity index (χ4v) is 2.41. The van der Waals surface area contributed by atoms with Crippen LogP contribution in [0.2, 0.25) is 0 Å². The third kappa shape index (κ3) is 3.99. The number of carbonyl (C=O) groups is 1. The molecule has 3 nitrogen and oxygen atoms in total.